The molecule has 4 N–H and O–H groups in total. The Hall–Kier alpha value is -2.04. The van der Waals surface area contributed by atoms with E-state index in [4.69, 9.17) is 21.5 Å². The van der Waals surface area contributed by atoms with Crippen LogP contribution in [0.3, 0.4) is 0 Å². The molecule has 17 heavy (non-hydrogen) atoms. The minimum atomic E-state index is 0.663. The highest BCUT2D eigenvalue weighted by Crippen LogP contribution is 2.39. The lowest BCUT2D eigenvalue weighted by Crippen LogP contribution is -2.01. The van der Waals surface area contributed by atoms with Crippen LogP contribution in [-0.4, -0.2) is 0 Å². The molecule has 0 atom stereocenters. The summed E-state index contributed by atoms with van der Waals surface area (Å²) in [4.78, 5) is 9.49. The Bertz CT molecular complexity index is 582. The fourth-order valence-corrected chi connectivity index (χ4v) is 2.29. The van der Waals surface area contributed by atoms with Gasteiger partial charge in [-0.2, -0.15) is 11.8 Å². The molecule has 86 valence electrons. The smallest absolute Gasteiger partial charge is 0.147 e. The number of nitrogens with two attached hydrogens (primary N) is 2. The summed E-state index contributed by atoms with van der Waals surface area (Å²) in [5, 5.41) is 0. The van der Waals surface area contributed by atoms with Gasteiger partial charge in [-0.1, -0.05) is 12.1 Å². The summed E-state index contributed by atoms with van der Waals surface area (Å²) in [6.45, 7) is 0. The van der Waals surface area contributed by atoms with Crippen LogP contribution in [0.4, 0.5) is 0 Å². The van der Waals surface area contributed by atoms with E-state index in [0.29, 0.717) is 11.5 Å². The normalized spacial score (nSPS) is 11.9. The molecule has 3 rings (SSSR count). The third-order valence-corrected chi connectivity index (χ3v) is 3.10. The molecule has 2 aromatic carbocycles. The van der Waals surface area contributed by atoms with Gasteiger partial charge in [0, 0.05) is 0 Å². The molecule has 4 nitrogen and oxygen atoms in total. The van der Waals surface area contributed by atoms with Gasteiger partial charge >= 0.3 is 0 Å². The van der Waals surface area contributed by atoms with Crippen molar-refractivity contribution in [2.75, 3.05) is 0 Å². The Morgan fingerprint density at radius 1 is 0.765 bits per heavy atom. The molecule has 0 bridgehead atoms. The van der Waals surface area contributed by atoms with Gasteiger partial charge in [-0.15, -0.1) is 0 Å². The van der Waals surface area contributed by atoms with Gasteiger partial charge in [-0.25, -0.2) is 0 Å². The van der Waals surface area contributed by atoms with Gasteiger partial charge in [-0.3, -0.25) is 0 Å². The fourth-order valence-electron chi connectivity index (χ4n) is 2.29. The standard InChI is InChI=1S/C13H12N2O2/c14-16-10-3-4-12-9(6-10)5-8-1-2-11(17-15)7-13(8)12/h1-4,6-7H,5,14-15H2. The topological polar surface area (TPSA) is 70.5 Å². The molecule has 0 radical (unpaired) electrons. The van der Waals surface area contributed by atoms with Crippen molar-refractivity contribution in [3.05, 3.63) is 47.5 Å². The molecule has 0 aromatic heterocycles. The molecule has 0 saturated heterocycles. The van der Waals surface area contributed by atoms with E-state index < -0.39 is 0 Å². The molecule has 1 aliphatic carbocycles. The third kappa shape index (κ3) is 1.54. The van der Waals surface area contributed by atoms with Gasteiger partial charge < -0.3 is 9.68 Å². The van der Waals surface area contributed by atoms with E-state index in [2.05, 4.69) is 0 Å². The molecule has 0 fully saturated rings. The lowest BCUT2D eigenvalue weighted by atomic mass is 10.1. The minimum Gasteiger partial charge on any atom is -0.412 e. The molecule has 0 heterocycles. The first kappa shape index (κ1) is 10.1. The number of rotatable bonds is 2. The van der Waals surface area contributed by atoms with E-state index >= 15 is 0 Å². The SMILES string of the molecule is NOc1ccc2c(c1)Cc1ccc(ON)cc1-2. The van der Waals surface area contributed by atoms with E-state index in [9.17, 15) is 0 Å². The van der Waals surface area contributed by atoms with Crippen LogP contribution in [0, 0.1) is 0 Å². The van der Waals surface area contributed by atoms with Crippen molar-refractivity contribution in [3.63, 3.8) is 0 Å². The monoisotopic (exact) mass is 228 g/mol. The van der Waals surface area contributed by atoms with E-state index in [1.807, 2.05) is 36.4 Å². The second-order valence-corrected chi connectivity index (χ2v) is 4.05. The largest absolute Gasteiger partial charge is 0.412 e. The number of hydrogen-bond donors (Lipinski definition) is 2. The molecule has 0 saturated carbocycles. The van der Waals surface area contributed by atoms with Crippen molar-refractivity contribution in [1.82, 2.24) is 0 Å². The average Bonchev–Trinajstić information content (AvgIpc) is 2.74. The second-order valence-electron chi connectivity index (χ2n) is 4.05. The Kier molecular flexibility index (Phi) is 2.24. The van der Waals surface area contributed by atoms with Gasteiger partial charge in [0.15, 0.2) is 0 Å². The highest BCUT2D eigenvalue weighted by atomic mass is 16.6. The summed E-state index contributed by atoms with van der Waals surface area (Å²) in [6.07, 6.45) is 0.882. The van der Waals surface area contributed by atoms with Crippen molar-refractivity contribution in [1.29, 1.82) is 0 Å². The van der Waals surface area contributed by atoms with Gasteiger partial charge in [0.1, 0.15) is 11.5 Å². The van der Waals surface area contributed by atoms with E-state index in [1.165, 1.54) is 16.7 Å². The number of benzene rings is 2. The fraction of sp³-hybridized carbons (Fsp3) is 0.0769. The van der Waals surface area contributed by atoms with E-state index in [0.717, 1.165) is 12.0 Å². The lowest BCUT2D eigenvalue weighted by molar-refractivity contribution is 0.334. The van der Waals surface area contributed by atoms with Gasteiger partial charge in [0.25, 0.3) is 0 Å². The van der Waals surface area contributed by atoms with Crippen LogP contribution in [0.5, 0.6) is 11.5 Å². The Morgan fingerprint density at radius 2 is 1.47 bits per heavy atom. The minimum absolute atomic E-state index is 0.663. The van der Waals surface area contributed by atoms with E-state index in [-0.39, 0.29) is 0 Å². The van der Waals surface area contributed by atoms with Crippen molar-refractivity contribution >= 4 is 0 Å². The Morgan fingerprint density at radius 3 is 2.24 bits per heavy atom. The zero-order chi connectivity index (χ0) is 11.8. The summed E-state index contributed by atoms with van der Waals surface area (Å²) in [6, 6.07) is 11.7. The molecule has 1 aliphatic rings. The third-order valence-electron chi connectivity index (χ3n) is 3.10. The van der Waals surface area contributed by atoms with Crippen LogP contribution in [0.25, 0.3) is 11.1 Å². The average molecular weight is 228 g/mol. The summed E-state index contributed by atoms with van der Waals surface area (Å²) in [5.41, 5.74) is 4.80. The summed E-state index contributed by atoms with van der Waals surface area (Å²) in [7, 11) is 0. The van der Waals surface area contributed by atoms with E-state index in [1.54, 1.807) is 0 Å². The summed E-state index contributed by atoms with van der Waals surface area (Å²) in [5.74, 6) is 11.7. The van der Waals surface area contributed by atoms with Gasteiger partial charge in [0.05, 0.1) is 0 Å². The molecule has 0 aliphatic heterocycles. The highest BCUT2D eigenvalue weighted by molar-refractivity contribution is 5.78. The maximum absolute atomic E-state index is 5.17. The van der Waals surface area contributed by atoms with Crippen molar-refractivity contribution in [3.8, 4) is 22.6 Å². The maximum atomic E-state index is 5.17. The van der Waals surface area contributed by atoms with Crippen LogP contribution in [0.1, 0.15) is 11.1 Å². The quantitative estimate of drug-likeness (QED) is 0.656. The molecular weight excluding hydrogens is 216 g/mol. The maximum Gasteiger partial charge on any atom is 0.147 e. The molecule has 2 aromatic rings. The Balaban J connectivity index is 2.13. The number of fused-ring (bicyclic) bond motifs is 3. The van der Waals surface area contributed by atoms with Crippen LogP contribution < -0.4 is 21.5 Å². The summed E-state index contributed by atoms with van der Waals surface area (Å²) >= 11 is 0. The second kappa shape index (κ2) is 3.76. The van der Waals surface area contributed by atoms with Crippen LogP contribution >= 0.6 is 0 Å². The van der Waals surface area contributed by atoms with Crippen molar-refractivity contribution in [2.24, 2.45) is 11.8 Å². The van der Waals surface area contributed by atoms with Crippen molar-refractivity contribution < 1.29 is 9.68 Å². The first-order valence-corrected chi connectivity index (χ1v) is 5.31. The zero-order valence-corrected chi connectivity index (χ0v) is 9.14. The van der Waals surface area contributed by atoms with Gasteiger partial charge in [-0.05, 0) is 52.9 Å². The predicted molar refractivity (Wildman–Crippen MR) is 64.3 cm³/mol. The van der Waals surface area contributed by atoms with Crippen LogP contribution in [0.2, 0.25) is 0 Å². The molecule has 4 heteroatoms. The number of hydrogen-bond acceptors (Lipinski definition) is 4. The van der Waals surface area contributed by atoms with Crippen LogP contribution in [-0.2, 0) is 6.42 Å². The highest BCUT2D eigenvalue weighted by Gasteiger charge is 2.19. The lowest BCUT2D eigenvalue weighted by Gasteiger charge is -2.04. The summed E-state index contributed by atoms with van der Waals surface area (Å²) < 4.78 is 0. The molecule has 0 amide bonds. The van der Waals surface area contributed by atoms with Crippen LogP contribution in [0.15, 0.2) is 36.4 Å². The van der Waals surface area contributed by atoms with Crippen molar-refractivity contribution in [2.45, 2.75) is 6.42 Å². The predicted octanol–water partition coefficient (Wildman–Crippen LogP) is 1.76. The molecule has 0 spiro atoms. The first-order chi connectivity index (χ1) is 8.31. The Labute approximate surface area is 98.7 Å². The molecule has 0 unspecified atom stereocenters. The zero-order valence-electron chi connectivity index (χ0n) is 9.14. The molecular formula is C13H12N2O2. The first-order valence-electron chi connectivity index (χ1n) is 5.31. The van der Waals surface area contributed by atoms with Gasteiger partial charge in [0.2, 0.25) is 0 Å².